The molecule has 1 aromatic rings. The van der Waals surface area contributed by atoms with Gasteiger partial charge in [-0.1, -0.05) is 0 Å². The van der Waals surface area contributed by atoms with E-state index in [0.29, 0.717) is 13.0 Å². The quantitative estimate of drug-likeness (QED) is 0.710. The molecule has 3 N–H and O–H groups in total. The largest absolute Gasteiger partial charge is 0.506 e. The number of carboxylic acids is 1. The zero-order valence-electron chi connectivity index (χ0n) is 11.1. The maximum atomic E-state index is 11.8. The summed E-state index contributed by atoms with van der Waals surface area (Å²) in [7, 11) is 0. The number of amides is 1. The maximum absolute atomic E-state index is 11.8. The summed E-state index contributed by atoms with van der Waals surface area (Å²) in [6.45, 7) is 2.78. The predicted octanol–water partition coefficient (Wildman–Crippen LogP) is 1.51. The van der Waals surface area contributed by atoms with Gasteiger partial charge in [0.2, 0.25) is 5.91 Å². The average Bonchev–Trinajstić information content (AvgIpc) is 2.91. The van der Waals surface area contributed by atoms with Gasteiger partial charge in [0.15, 0.2) is 0 Å². The normalized spacial score (nSPS) is 15.2. The van der Waals surface area contributed by atoms with Gasteiger partial charge < -0.3 is 20.4 Å². The average molecular weight is 278 g/mol. The standard InChI is InChI=1S/C14H18N2O4/c17-12-9-10(14(19)20)3-4-11(12)15-13(18)5-8-16-6-1-2-7-16/h3-4,9,17H,1-2,5-8H2,(H,15,18)(H,19,20). The molecule has 1 aromatic carbocycles. The smallest absolute Gasteiger partial charge is 0.335 e. The molecule has 6 heteroatoms. The molecule has 1 aliphatic rings. The number of nitrogens with zero attached hydrogens (tertiary/aromatic N) is 1. The number of rotatable bonds is 5. The Morgan fingerprint density at radius 1 is 1.25 bits per heavy atom. The van der Waals surface area contributed by atoms with E-state index >= 15 is 0 Å². The molecule has 0 spiro atoms. The van der Waals surface area contributed by atoms with Crippen LogP contribution in [0.4, 0.5) is 5.69 Å². The highest BCUT2D eigenvalue weighted by Crippen LogP contribution is 2.24. The second kappa shape index (κ2) is 6.38. The fourth-order valence-corrected chi connectivity index (χ4v) is 2.25. The number of carbonyl (C=O) groups is 2. The first-order chi connectivity index (χ1) is 9.56. The van der Waals surface area contributed by atoms with Gasteiger partial charge in [0.1, 0.15) is 5.75 Å². The van der Waals surface area contributed by atoms with Gasteiger partial charge in [-0.2, -0.15) is 0 Å². The molecule has 0 aliphatic carbocycles. The lowest BCUT2D eigenvalue weighted by molar-refractivity contribution is -0.116. The van der Waals surface area contributed by atoms with Crippen molar-refractivity contribution in [2.45, 2.75) is 19.3 Å². The highest BCUT2D eigenvalue weighted by molar-refractivity contribution is 5.94. The Balaban J connectivity index is 1.88. The molecule has 0 bridgehead atoms. The number of anilines is 1. The van der Waals surface area contributed by atoms with E-state index < -0.39 is 5.97 Å². The van der Waals surface area contributed by atoms with E-state index in [4.69, 9.17) is 5.11 Å². The number of hydrogen-bond acceptors (Lipinski definition) is 4. The number of phenolic OH excluding ortho intramolecular Hbond substituents is 1. The summed E-state index contributed by atoms with van der Waals surface area (Å²) in [5.74, 6) is -1.54. The third-order valence-corrected chi connectivity index (χ3v) is 3.37. The molecular formula is C14H18N2O4. The van der Waals surface area contributed by atoms with Crippen molar-refractivity contribution in [2.75, 3.05) is 25.0 Å². The summed E-state index contributed by atoms with van der Waals surface area (Å²) in [6.07, 6.45) is 2.72. The predicted molar refractivity (Wildman–Crippen MR) is 74.0 cm³/mol. The van der Waals surface area contributed by atoms with Crippen molar-refractivity contribution < 1.29 is 19.8 Å². The Morgan fingerprint density at radius 2 is 1.95 bits per heavy atom. The molecule has 1 fully saturated rings. The van der Waals surface area contributed by atoms with Crippen molar-refractivity contribution in [3.63, 3.8) is 0 Å². The lowest BCUT2D eigenvalue weighted by Crippen LogP contribution is -2.25. The van der Waals surface area contributed by atoms with Gasteiger partial charge in [-0.05, 0) is 44.1 Å². The molecule has 108 valence electrons. The molecule has 0 atom stereocenters. The zero-order valence-corrected chi connectivity index (χ0v) is 11.1. The minimum Gasteiger partial charge on any atom is -0.506 e. The van der Waals surface area contributed by atoms with Gasteiger partial charge >= 0.3 is 5.97 Å². The Bertz CT molecular complexity index is 510. The molecule has 1 amide bonds. The Hall–Kier alpha value is -2.08. The second-order valence-electron chi connectivity index (χ2n) is 4.88. The lowest BCUT2D eigenvalue weighted by Gasteiger charge is -2.14. The minimum atomic E-state index is -1.12. The van der Waals surface area contributed by atoms with Crippen LogP contribution in [0.25, 0.3) is 0 Å². The summed E-state index contributed by atoms with van der Waals surface area (Å²) in [5.41, 5.74) is 0.221. The monoisotopic (exact) mass is 278 g/mol. The molecule has 1 saturated heterocycles. The van der Waals surface area contributed by atoms with Crippen LogP contribution in [0.5, 0.6) is 5.75 Å². The first-order valence-electron chi connectivity index (χ1n) is 6.65. The fraction of sp³-hybridized carbons (Fsp3) is 0.429. The van der Waals surface area contributed by atoms with Crippen molar-refractivity contribution in [1.29, 1.82) is 0 Å². The third-order valence-electron chi connectivity index (χ3n) is 3.37. The van der Waals surface area contributed by atoms with Gasteiger partial charge in [0, 0.05) is 13.0 Å². The summed E-state index contributed by atoms with van der Waals surface area (Å²) < 4.78 is 0. The number of aromatic hydroxyl groups is 1. The number of likely N-dealkylation sites (tertiary alicyclic amines) is 1. The summed E-state index contributed by atoms with van der Waals surface area (Å²) in [4.78, 5) is 24.7. The lowest BCUT2D eigenvalue weighted by atomic mass is 10.2. The van der Waals surface area contributed by atoms with Gasteiger partial charge in [0.05, 0.1) is 11.3 Å². The van der Waals surface area contributed by atoms with Gasteiger partial charge in [-0.25, -0.2) is 4.79 Å². The van der Waals surface area contributed by atoms with Crippen molar-refractivity contribution in [2.24, 2.45) is 0 Å². The maximum Gasteiger partial charge on any atom is 0.335 e. The van der Waals surface area contributed by atoms with E-state index in [1.807, 2.05) is 0 Å². The minimum absolute atomic E-state index is 0.0161. The molecular weight excluding hydrogens is 260 g/mol. The van der Waals surface area contributed by atoms with Crippen molar-refractivity contribution >= 4 is 17.6 Å². The molecule has 1 aliphatic heterocycles. The molecule has 2 rings (SSSR count). The van der Waals surface area contributed by atoms with Crippen LogP contribution in [-0.4, -0.2) is 46.6 Å². The number of phenols is 1. The zero-order chi connectivity index (χ0) is 14.5. The second-order valence-corrected chi connectivity index (χ2v) is 4.88. The van der Waals surface area contributed by atoms with E-state index in [-0.39, 0.29) is 22.9 Å². The Morgan fingerprint density at radius 3 is 2.55 bits per heavy atom. The number of benzene rings is 1. The Kier molecular flexibility index (Phi) is 4.57. The number of hydrogen-bond donors (Lipinski definition) is 3. The van der Waals surface area contributed by atoms with Crippen LogP contribution in [0.2, 0.25) is 0 Å². The number of nitrogens with one attached hydrogen (secondary N) is 1. The first kappa shape index (κ1) is 14.3. The Labute approximate surface area is 117 Å². The van der Waals surface area contributed by atoms with Crippen LogP contribution >= 0.6 is 0 Å². The van der Waals surface area contributed by atoms with Crippen molar-refractivity contribution in [3.8, 4) is 5.75 Å². The van der Waals surface area contributed by atoms with Crippen molar-refractivity contribution in [3.05, 3.63) is 23.8 Å². The number of aromatic carboxylic acids is 1. The van der Waals surface area contributed by atoms with E-state index in [0.717, 1.165) is 19.2 Å². The van der Waals surface area contributed by atoms with E-state index in [1.54, 1.807) is 0 Å². The highest BCUT2D eigenvalue weighted by atomic mass is 16.4. The fourth-order valence-electron chi connectivity index (χ4n) is 2.25. The highest BCUT2D eigenvalue weighted by Gasteiger charge is 2.14. The van der Waals surface area contributed by atoms with Crippen molar-refractivity contribution in [1.82, 2.24) is 4.90 Å². The van der Waals surface area contributed by atoms with Crippen LogP contribution in [0.3, 0.4) is 0 Å². The number of carbonyl (C=O) groups excluding carboxylic acids is 1. The molecule has 0 unspecified atom stereocenters. The van der Waals surface area contributed by atoms with Crippen LogP contribution < -0.4 is 5.32 Å². The van der Waals surface area contributed by atoms with Gasteiger partial charge in [0.25, 0.3) is 0 Å². The molecule has 6 nitrogen and oxygen atoms in total. The molecule has 20 heavy (non-hydrogen) atoms. The molecule has 0 saturated carbocycles. The van der Waals surface area contributed by atoms with Gasteiger partial charge in [-0.15, -0.1) is 0 Å². The van der Waals surface area contributed by atoms with Crippen LogP contribution in [0.15, 0.2) is 18.2 Å². The topological polar surface area (TPSA) is 89.9 Å². The molecule has 0 aromatic heterocycles. The first-order valence-corrected chi connectivity index (χ1v) is 6.65. The van der Waals surface area contributed by atoms with Crippen LogP contribution in [-0.2, 0) is 4.79 Å². The van der Waals surface area contributed by atoms with Crippen LogP contribution in [0.1, 0.15) is 29.6 Å². The van der Waals surface area contributed by atoms with E-state index in [2.05, 4.69) is 10.2 Å². The van der Waals surface area contributed by atoms with E-state index in [1.165, 1.54) is 25.0 Å². The molecule has 1 heterocycles. The summed E-state index contributed by atoms with van der Waals surface area (Å²) in [5, 5.41) is 21.1. The van der Waals surface area contributed by atoms with E-state index in [9.17, 15) is 14.7 Å². The van der Waals surface area contributed by atoms with Crippen LogP contribution in [0, 0.1) is 0 Å². The third kappa shape index (κ3) is 3.71. The summed E-state index contributed by atoms with van der Waals surface area (Å²) >= 11 is 0. The number of carboxylic acid groups (broad SMARTS) is 1. The summed E-state index contributed by atoms with van der Waals surface area (Å²) in [6, 6.07) is 3.86. The SMILES string of the molecule is O=C(CCN1CCCC1)Nc1ccc(C(=O)O)cc1O. The van der Waals surface area contributed by atoms with Gasteiger partial charge in [-0.3, -0.25) is 4.79 Å². The molecule has 0 radical (unpaired) electrons.